The van der Waals surface area contributed by atoms with E-state index in [0.717, 1.165) is 35.9 Å². The van der Waals surface area contributed by atoms with Crippen LogP contribution in [0.3, 0.4) is 0 Å². The van der Waals surface area contributed by atoms with Crippen molar-refractivity contribution in [2.24, 2.45) is 0 Å². The molecule has 3 aromatic carbocycles. The molecule has 4 atom stereocenters. The van der Waals surface area contributed by atoms with Crippen molar-refractivity contribution in [3.05, 3.63) is 96.0 Å². The van der Waals surface area contributed by atoms with Gasteiger partial charge in [0.2, 0.25) is 0 Å². The van der Waals surface area contributed by atoms with Crippen molar-refractivity contribution in [3.63, 3.8) is 0 Å². The second-order valence-corrected chi connectivity index (χ2v) is 14.7. The number of aromatic hydroxyl groups is 1. The first-order chi connectivity index (χ1) is 26.3. The number of anilines is 1. The van der Waals surface area contributed by atoms with Crippen molar-refractivity contribution in [2.45, 2.75) is 56.1 Å². The minimum atomic E-state index is -0.952. The number of piperazine rings is 1. The van der Waals surface area contributed by atoms with Crippen molar-refractivity contribution < 1.29 is 28.2 Å². The molecule has 2 bridgehead atoms. The van der Waals surface area contributed by atoms with E-state index in [9.17, 15) is 19.6 Å². The Morgan fingerprint density at radius 2 is 1.91 bits per heavy atom. The molecule has 1 N–H and O–H groups in total. The lowest BCUT2D eigenvalue weighted by Crippen LogP contribution is -2.56. The number of phenols is 1. The number of fused-ring (bicyclic) bond motifs is 5. The lowest BCUT2D eigenvalue weighted by atomic mass is 9.95. The highest BCUT2D eigenvalue weighted by molar-refractivity contribution is 6.00. The fourth-order valence-corrected chi connectivity index (χ4v) is 8.97. The van der Waals surface area contributed by atoms with Crippen molar-refractivity contribution in [1.82, 2.24) is 24.8 Å². The maximum Gasteiger partial charge on any atom is 0.410 e. The summed E-state index contributed by atoms with van der Waals surface area (Å²) in [5.41, 5.74) is 1.56. The van der Waals surface area contributed by atoms with Gasteiger partial charge in [0.05, 0.1) is 29.1 Å². The molecule has 4 saturated heterocycles. The van der Waals surface area contributed by atoms with E-state index < -0.39 is 29.7 Å². The van der Waals surface area contributed by atoms with E-state index in [-0.39, 0.29) is 48.8 Å². The molecule has 0 saturated carbocycles. The van der Waals surface area contributed by atoms with Gasteiger partial charge in [-0.15, -0.1) is 0 Å². The van der Waals surface area contributed by atoms with Crippen LogP contribution in [-0.4, -0.2) is 92.5 Å². The van der Waals surface area contributed by atoms with Gasteiger partial charge in [-0.2, -0.15) is 15.2 Å². The molecule has 0 spiro atoms. The quantitative estimate of drug-likeness (QED) is 0.181. The summed E-state index contributed by atoms with van der Waals surface area (Å²) in [6.45, 7) is 1.96. The number of benzene rings is 3. The van der Waals surface area contributed by atoms with Crippen molar-refractivity contribution in [2.75, 3.05) is 37.7 Å². The average Bonchev–Trinajstić information content (AvgIpc) is 3.78. The van der Waals surface area contributed by atoms with E-state index in [4.69, 9.17) is 14.5 Å². The van der Waals surface area contributed by atoms with Gasteiger partial charge in [-0.05, 0) is 59.8 Å². The number of halogens is 2. The number of nitrogens with zero attached hydrogens (tertiary/aromatic N) is 7. The predicted octanol–water partition coefficient (Wildman–Crippen LogP) is 6.69. The van der Waals surface area contributed by atoms with Crippen molar-refractivity contribution in [3.8, 4) is 29.1 Å². The minimum absolute atomic E-state index is 0.00659. The maximum absolute atomic E-state index is 17.0. The van der Waals surface area contributed by atoms with Gasteiger partial charge in [-0.25, -0.2) is 13.6 Å². The molecule has 4 aliphatic heterocycles. The molecule has 2 aromatic heterocycles. The number of aromatic nitrogens is 3. The molecule has 5 aromatic rings. The fraction of sp³-hybridized carbons (Fsp3) is 0.341. The highest BCUT2D eigenvalue weighted by atomic mass is 19.1. The maximum atomic E-state index is 17.0. The number of carbonyl (C=O) groups excluding carboxylic acids is 1. The number of allylic oxidation sites excluding steroid dienone is 1. The minimum Gasteiger partial charge on any atom is -0.508 e. The van der Waals surface area contributed by atoms with Gasteiger partial charge >= 0.3 is 12.1 Å². The molecule has 0 radical (unpaired) electrons. The Kier molecular flexibility index (Phi) is 8.50. The third-order valence-corrected chi connectivity index (χ3v) is 11.4. The van der Waals surface area contributed by atoms with Crippen LogP contribution in [-0.2, 0) is 11.3 Å². The Labute approximate surface area is 310 Å². The highest BCUT2D eigenvalue weighted by Crippen LogP contribution is 2.43. The molecule has 54 heavy (non-hydrogen) atoms. The molecular formula is C41H37F2N7O4. The molecule has 4 unspecified atom stereocenters. The highest BCUT2D eigenvalue weighted by Gasteiger charge is 2.50. The van der Waals surface area contributed by atoms with Gasteiger partial charge < -0.3 is 19.5 Å². The number of amides is 1. The zero-order valence-corrected chi connectivity index (χ0v) is 29.4. The summed E-state index contributed by atoms with van der Waals surface area (Å²) >= 11 is 0. The van der Waals surface area contributed by atoms with Gasteiger partial charge in [-0.1, -0.05) is 54.6 Å². The van der Waals surface area contributed by atoms with E-state index in [2.05, 4.69) is 20.9 Å². The predicted molar refractivity (Wildman–Crippen MR) is 197 cm³/mol. The van der Waals surface area contributed by atoms with Crippen LogP contribution in [0.25, 0.3) is 32.9 Å². The molecule has 4 fully saturated rings. The second-order valence-electron chi connectivity index (χ2n) is 14.7. The number of pyridine rings is 1. The lowest BCUT2D eigenvalue weighted by Gasteiger charge is -2.41. The molecular weight excluding hydrogens is 692 g/mol. The first kappa shape index (κ1) is 33.9. The number of nitriles is 1. The number of carbonyl (C=O) groups is 1. The largest absolute Gasteiger partial charge is 0.508 e. The summed E-state index contributed by atoms with van der Waals surface area (Å²) < 4.78 is 43.7. The molecule has 6 heterocycles. The Morgan fingerprint density at radius 3 is 2.76 bits per heavy atom. The monoisotopic (exact) mass is 729 g/mol. The zero-order valence-electron chi connectivity index (χ0n) is 29.4. The van der Waals surface area contributed by atoms with Crippen LogP contribution in [0.15, 0.2) is 84.6 Å². The molecule has 1 amide bonds. The summed E-state index contributed by atoms with van der Waals surface area (Å²) in [7, 11) is 0. The number of ether oxygens (including phenoxy) is 2. The Balaban J connectivity index is 1.10. The summed E-state index contributed by atoms with van der Waals surface area (Å²) in [6, 6.07) is 21.1. The smallest absolute Gasteiger partial charge is 0.410 e. The van der Waals surface area contributed by atoms with Crippen molar-refractivity contribution in [1.29, 1.82) is 5.26 Å². The molecule has 9 rings (SSSR count). The van der Waals surface area contributed by atoms with Crippen LogP contribution in [0, 0.1) is 17.1 Å². The van der Waals surface area contributed by atoms with Gasteiger partial charge in [0, 0.05) is 43.9 Å². The first-order valence-corrected chi connectivity index (χ1v) is 18.2. The van der Waals surface area contributed by atoms with E-state index >= 15 is 4.39 Å². The Morgan fingerprint density at radius 1 is 1.07 bits per heavy atom. The standard InChI is InChI=1S/C41H37F2N7O4/c42-28-18-41(12-6-14-49(41)20-28)24-54-39-46-37-33(19-45-36(35(37)43)32-17-30(51)16-26-9-4-5-10-31(26)32)38(47-39)48-21-29-15-27(11-13-44)34(22-48)50(29)40(52)53-23-25-7-2-1-3-8-25/h1-5,7-11,16-17,19,28-29,34,51H,6,12,14-15,18,20-24H2. The van der Waals surface area contributed by atoms with E-state index in [1.807, 2.05) is 59.5 Å². The summed E-state index contributed by atoms with van der Waals surface area (Å²) in [5, 5.41) is 22.0. The molecule has 13 heteroatoms. The van der Waals surface area contributed by atoms with Gasteiger partial charge in [-0.3, -0.25) is 14.8 Å². The second kappa shape index (κ2) is 13.5. The van der Waals surface area contributed by atoms with Crippen LogP contribution in [0.5, 0.6) is 11.8 Å². The van der Waals surface area contributed by atoms with Crippen LogP contribution >= 0.6 is 0 Å². The topological polar surface area (TPSA) is 128 Å². The third kappa shape index (κ3) is 5.91. The van der Waals surface area contributed by atoms with Crippen LogP contribution in [0.4, 0.5) is 19.4 Å². The average molecular weight is 730 g/mol. The number of alkyl halides is 1. The van der Waals surface area contributed by atoms with E-state index in [0.29, 0.717) is 48.1 Å². The molecule has 274 valence electrons. The lowest BCUT2D eigenvalue weighted by molar-refractivity contribution is 0.0753. The molecule has 4 aliphatic rings. The van der Waals surface area contributed by atoms with Crippen LogP contribution < -0.4 is 9.64 Å². The normalized spacial score (nSPS) is 24.3. The van der Waals surface area contributed by atoms with E-state index in [1.165, 1.54) is 18.3 Å². The number of rotatable bonds is 7. The molecule has 0 aliphatic carbocycles. The fourth-order valence-electron chi connectivity index (χ4n) is 8.97. The molecule has 11 nitrogen and oxygen atoms in total. The van der Waals surface area contributed by atoms with Crippen molar-refractivity contribution >= 4 is 33.6 Å². The summed E-state index contributed by atoms with van der Waals surface area (Å²) in [5.74, 6) is -0.370. The number of hydrogen-bond acceptors (Lipinski definition) is 10. The van der Waals surface area contributed by atoms with Gasteiger partial charge in [0.1, 0.15) is 42.2 Å². The van der Waals surface area contributed by atoms with Crippen LogP contribution in [0.2, 0.25) is 0 Å². The Bertz CT molecular complexity index is 2350. The number of phenolic OH excluding ortho intramolecular Hbond substituents is 1. The SMILES string of the molecule is N#CC=C1CC2CN(c3nc(OCC45CCCN4CC(F)C5)nc4c(F)c(-c5cc(O)cc6ccccc56)ncc34)CC1N2C(=O)OCc1ccccc1. The first-order valence-electron chi connectivity index (χ1n) is 18.2. The third-order valence-electron chi connectivity index (χ3n) is 11.4. The Hall–Kier alpha value is -5.87. The zero-order chi connectivity index (χ0) is 37.0. The summed E-state index contributed by atoms with van der Waals surface area (Å²) in [6.07, 6.45) is 4.10. The van der Waals surface area contributed by atoms with Gasteiger partial charge in [0.15, 0.2) is 5.82 Å². The van der Waals surface area contributed by atoms with Crippen LogP contribution in [0.1, 0.15) is 31.2 Å². The van der Waals surface area contributed by atoms with E-state index in [1.54, 1.807) is 11.0 Å². The number of hydrogen-bond donors (Lipinski definition) is 1. The van der Waals surface area contributed by atoms with Gasteiger partial charge in [0.25, 0.3) is 0 Å². The summed E-state index contributed by atoms with van der Waals surface area (Å²) in [4.78, 5) is 33.4.